The number of hydrogen-bond acceptors (Lipinski definition) is 3. The Morgan fingerprint density at radius 3 is 2.73 bits per heavy atom. The highest BCUT2D eigenvalue weighted by atomic mass is 35.5. The minimum absolute atomic E-state index is 0.0549. The van der Waals surface area contributed by atoms with Gasteiger partial charge in [0.25, 0.3) is 0 Å². The molecule has 22 heavy (non-hydrogen) atoms. The molecule has 0 bridgehead atoms. The Hall–Kier alpha value is -2.05. The number of carbonyl (C=O) groups is 1. The number of aliphatic hydroxyl groups is 1. The molecular formula is C15H17ClN4O2. The van der Waals surface area contributed by atoms with E-state index in [1.54, 1.807) is 22.9 Å². The third-order valence-electron chi connectivity index (χ3n) is 3.39. The Bertz CT molecular complexity index is 665. The second kappa shape index (κ2) is 6.37. The number of urea groups is 1. The molecule has 2 aromatic rings. The lowest BCUT2D eigenvalue weighted by molar-refractivity contribution is 0.250. The van der Waals surface area contributed by atoms with Crippen LogP contribution in [0, 0.1) is 0 Å². The largest absolute Gasteiger partial charge is 0.394 e. The number of halogens is 1. The maximum absolute atomic E-state index is 11.9. The highest BCUT2D eigenvalue weighted by Gasteiger charge is 2.23. The monoisotopic (exact) mass is 320 g/mol. The summed E-state index contributed by atoms with van der Waals surface area (Å²) in [6.07, 6.45) is 2.05. The van der Waals surface area contributed by atoms with Crippen LogP contribution >= 0.6 is 11.6 Å². The van der Waals surface area contributed by atoms with Crippen molar-refractivity contribution in [3.8, 4) is 11.3 Å². The molecule has 1 saturated carbocycles. The summed E-state index contributed by atoms with van der Waals surface area (Å²) in [7, 11) is 0. The van der Waals surface area contributed by atoms with Gasteiger partial charge >= 0.3 is 6.03 Å². The Morgan fingerprint density at radius 2 is 2.09 bits per heavy atom. The number of rotatable bonds is 5. The lowest BCUT2D eigenvalue weighted by Crippen LogP contribution is -2.31. The predicted molar refractivity (Wildman–Crippen MR) is 84.9 cm³/mol. The molecule has 0 unspecified atom stereocenters. The standard InChI is InChI=1S/C15H17ClN4O2/c16-11-3-1-10(2-4-11)13-9-14(20(19-13)7-8-21)18-15(22)17-12-5-6-12/h1-4,9,12,21H,5-8H2,(H2,17,18,22). The van der Waals surface area contributed by atoms with Crippen LogP contribution in [0.1, 0.15) is 12.8 Å². The quantitative estimate of drug-likeness (QED) is 0.792. The van der Waals surface area contributed by atoms with Crippen LogP contribution in [0.2, 0.25) is 5.02 Å². The molecule has 6 nitrogen and oxygen atoms in total. The summed E-state index contributed by atoms with van der Waals surface area (Å²) in [4.78, 5) is 11.9. The number of benzene rings is 1. The zero-order chi connectivity index (χ0) is 15.5. The Kier molecular flexibility index (Phi) is 4.31. The summed E-state index contributed by atoms with van der Waals surface area (Å²) in [5, 5.41) is 19.9. The summed E-state index contributed by atoms with van der Waals surface area (Å²) in [5.41, 5.74) is 1.61. The first-order valence-corrected chi connectivity index (χ1v) is 7.55. The van der Waals surface area contributed by atoms with Crippen LogP contribution in [-0.2, 0) is 6.54 Å². The van der Waals surface area contributed by atoms with E-state index in [4.69, 9.17) is 16.7 Å². The molecule has 1 aliphatic rings. The van der Waals surface area contributed by atoms with Gasteiger partial charge in [-0.15, -0.1) is 0 Å². The van der Waals surface area contributed by atoms with Crippen LogP contribution in [0.25, 0.3) is 11.3 Å². The molecule has 0 atom stereocenters. The van der Waals surface area contributed by atoms with Crippen LogP contribution in [0.4, 0.5) is 10.6 Å². The van der Waals surface area contributed by atoms with Gasteiger partial charge in [-0.25, -0.2) is 9.48 Å². The topological polar surface area (TPSA) is 79.2 Å². The molecule has 116 valence electrons. The number of hydrogen-bond donors (Lipinski definition) is 3. The lowest BCUT2D eigenvalue weighted by Gasteiger charge is -2.08. The molecule has 1 aliphatic carbocycles. The zero-order valence-corrected chi connectivity index (χ0v) is 12.7. The third kappa shape index (κ3) is 3.58. The highest BCUT2D eigenvalue weighted by Crippen LogP contribution is 2.24. The molecule has 7 heteroatoms. The number of aromatic nitrogens is 2. The SMILES string of the molecule is O=C(Nc1cc(-c2ccc(Cl)cc2)nn1CCO)NC1CC1. The van der Waals surface area contributed by atoms with Gasteiger partial charge in [0.1, 0.15) is 5.82 Å². The Labute approximate surface area is 133 Å². The van der Waals surface area contributed by atoms with Gasteiger partial charge in [-0.3, -0.25) is 5.32 Å². The van der Waals surface area contributed by atoms with Gasteiger partial charge in [0.05, 0.1) is 18.8 Å². The number of amides is 2. The van der Waals surface area contributed by atoms with E-state index < -0.39 is 0 Å². The van der Waals surface area contributed by atoms with Gasteiger partial charge in [0.2, 0.25) is 0 Å². The fourth-order valence-electron chi connectivity index (χ4n) is 2.11. The van der Waals surface area contributed by atoms with Gasteiger partial charge in [-0.1, -0.05) is 23.7 Å². The average molecular weight is 321 g/mol. The van der Waals surface area contributed by atoms with Gasteiger partial charge in [-0.2, -0.15) is 5.10 Å². The van der Waals surface area contributed by atoms with Gasteiger partial charge in [0.15, 0.2) is 0 Å². The number of aliphatic hydroxyl groups excluding tert-OH is 1. The smallest absolute Gasteiger partial charge is 0.320 e. The molecule has 0 aliphatic heterocycles. The highest BCUT2D eigenvalue weighted by molar-refractivity contribution is 6.30. The van der Waals surface area contributed by atoms with Crippen LogP contribution in [0.5, 0.6) is 0 Å². The summed E-state index contributed by atoms with van der Waals surface area (Å²) in [6, 6.07) is 9.12. The molecule has 1 aromatic carbocycles. The van der Waals surface area contributed by atoms with E-state index in [0.717, 1.165) is 18.4 Å². The van der Waals surface area contributed by atoms with E-state index in [0.29, 0.717) is 23.1 Å². The van der Waals surface area contributed by atoms with Crippen molar-refractivity contribution in [2.75, 3.05) is 11.9 Å². The van der Waals surface area contributed by atoms with E-state index in [2.05, 4.69) is 15.7 Å². The Morgan fingerprint density at radius 1 is 1.36 bits per heavy atom. The van der Waals surface area contributed by atoms with E-state index >= 15 is 0 Å². The van der Waals surface area contributed by atoms with Crippen molar-refractivity contribution >= 4 is 23.4 Å². The van der Waals surface area contributed by atoms with E-state index in [-0.39, 0.29) is 18.7 Å². The average Bonchev–Trinajstić information content (AvgIpc) is 3.21. The molecule has 0 radical (unpaired) electrons. The van der Waals surface area contributed by atoms with Crippen molar-refractivity contribution in [2.45, 2.75) is 25.4 Å². The maximum Gasteiger partial charge on any atom is 0.320 e. The number of carbonyl (C=O) groups excluding carboxylic acids is 1. The zero-order valence-electron chi connectivity index (χ0n) is 11.9. The summed E-state index contributed by atoms with van der Waals surface area (Å²) < 4.78 is 1.58. The Balaban J connectivity index is 1.81. The molecule has 1 heterocycles. The van der Waals surface area contributed by atoms with Crippen molar-refractivity contribution in [3.63, 3.8) is 0 Å². The van der Waals surface area contributed by atoms with Crippen molar-refractivity contribution in [1.82, 2.24) is 15.1 Å². The van der Waals surface area contributed by atoms with Crippen molar-refractivity contribution < 1.29 is 9.90 Å². The number of nitrogens with one attached hydrogen (secondary N) is 2. The van der Waals surface area contributed by atoms with E-state index in [1.807, 2.05) is 12.1 Å². The van der Waals surface area contributed by atoms with Gasteiger partial charge < -0.3 is 10.4 Å². The van der Waals surface area contributed by atoms with E-state index in [1.165, 1.54) is 0 Å². The lowest BCUT2D eigenvalue weighted by atomic mass is 10.1. The molecular weight excluding hydrogens is 304 g/mol. The third-order valence-corrected chi connectivity index (χ3v) is 3.64. The molecule has 1 aromatic heterocycles. The summed E-state index contributed by atoms with van der Waals surface area (Å²) in [6.45, 7) is 0.257. The van der Waals surface area contributed by atoms with E-state index in [9.17, 15) is 4.79 Å². The number of anilines is 1. The normalized spacial score (nSPS) is 13.9. The van der Waals surface area contributed by atoms with Crippen LogP contribution in [0.3, 0.4) is 0 Å². The molecule has 0 saturated heterocycles. The van der Waals surface area contributed by atoms with Crippen LogP contribution < -0.4 is 10.6 Å². The van der Waals surface area contributed by atoms with Crippen LogP contribution in [-0.4, -0.2) is 33.6 Å². The summed E-state index contributed by atoms with van der Waals surface area (Å²) >= 11 is 5.88. The molecule has 3 N–H and O–H groups in total. The minimum atomic E-state index is -0.246. The van der Waals surface area contributed by atoms with Crippen molar-refractivity contribution in [1.29, 1.82) is 0 Å². The number of nitrogens with zero attached hydrogens (tertiary/aromatic N) is 2. The molecule has 3 rings (SSSR count). The second-order valence-electron chi connectivity index (χ2n) is 5.24. The fraction of sp³-hybridized carbons (Fsp3) is 0.333. The second-order valence-corrected chi connectivity index (χ2v) is 5.68. The fourth-order valence-corrected chi connectivity index (χ4v) is 2.24. The van der Waals surface area contributed by atoms with Crippen molar-refractivity contribution in [2.24, 2.45) is 0 Å². The first-order valence-electron chi connectivity index (χ1n) is 7.18. The minimum Gasteiger partial charge on any atom is -0.394 e. The van der Waals surface area contributed by atoms with Gasteiger partial charge in [-0.05, 0) is 25.0 Å². The van der Waals surface area contributed by atoms with Crippen molar-refractivity contribution in [3.05, 3.63) is 35.4 Å². The first kappa shape index (κ1) is 14.9. The maximum atomic E-state index is 11.9. The van der Waals surface area contributed by atoms with Gasteiger partial charge in [0, 0.05) is 22.7 Å². The molecule has 0 spiro atoms. The van der Waals surface area contributed by atoms with Crippen LogP contribution in [0.15, 0.2) is 30.3 Å². The molecule has 2 amide bonds. The first-order chi connectivity index (χ1) is 10.7. The summed E-state index contributed by atoms with van der Waals surface area (Å²) in [5.74, 6) is 0.553. The molecule has 1 fully saturated rings. The predicted octanol–water partition coefficient (Wildman–Crippen LogP) is 2.48.